The van der Waals surface area contributed by atoms with Gasteiger partial charge in [0, 0.05) is 28.8 Å². The van der Waals surface area contributed by atoms with Crippen molar-refractivity contribution in [1.82, 2.24) is 4.98 Å². The van der Waals surface area contributed by atoms with Gasteiger partial charge in [-0.1, -0.05) is 23.7 Å². The molecule has 0 fully saturated rings. The van der Waals surface area contributed by atoms with Gasteiger partial charge in [-0.15, -0.1) is 11.3 Å². The Balaban J connectivity index is 1.40. The number of hydrogen-bond donors (Lipinski definition) is 2. The quantitative estimate of drug-likeness (QED) is 0.637. The van der Waals surface area contributed by atoms with Gasteiger partial charge in [-0.2, -0.15) is 0 Å². The van der Waals surface area contributed by atoms with Crippen molar-refractivity contribution in [2.24, 2.45) is 0 Å². The van der Waals surface area contributed by atoms with Crippen LogP contribution >= 0.6 is 22.9 Å². The summed E-state index contributed by atoms with van der Waals surface area (Å²) in [5.74, 6) is 1.04. The molecule has 0 spiro atoms. The summed E-state index contributed by atoms with van der Waals surface area (Å²) < 4.78 is 11.0. The summed E-state index contributed by atoms with van der Waals surface area (Å²) >= 11 is 7.86. The molecule has 0 saturated carbocycles. The van der Waals surface area contributed by atoms with E-state index in [9.17, 15) is 4.79 Å². The number of nitrogens with one attached hydrogen (secondary N) is 2. The van der Waals surface area contributed by atoms with E-state index in [4.69, 9.17) is 21.1 Å². The number of nitrogens with zero attached hydrogens (tertiary/aromatic N) is 1. The zero-order valence-corrected chi connectivity index (χ0v) is 16.7. The third kappa shape index (κ3) is 4.21. The third-order valence-electron chi connectivity index (χ3n) is 4.13. The molecule has 0 atom stereocenters. The summed E-state index contributed by atoms with van der Waals surface area (Å²) in [5.41, 5.74) is 3.20. The minimum atomic E-state index is -0.183. The lowest BCUT2D eigenvalue weighted by molar-refractivity contribution is -0.114. The Morgan fingerprint density at radius 2 is 2.00 bits per heavy atom. The summed E-state index contributed by atoms with van der Waals surface area (Å²) in [4.78, 5) is 16.8. The largest absolute Gasteiger partial charge is 0.486 e. The van der Waals surface area contributed by atoms with Crippen LogP contribution in [0.2, 0.25) is 5.02 Å². The molecule has 0 bridgehead atoms. The number of hydrogen-bond acceptors (Lipinski definition) is 6. The van der Waals surface area contributed by atoms with Crippen LogP contribution in [0.5, 0.6) is 11.5 Å². The molecule has 1 amide bonds. The van der Waals surface area contributed by atoms with Gasteiger partial charge in [0.15, 0.2) is 11.5 Å². The number of amides is 1. The second-order valence-corrected chi connectivity index (χ2v) is 7.68. The highest BCUT2D eigenvalue weighted by molar-refractivity contribution is 7.09. The molecule has 0 aliphatic carbocycles. The summed E-state index contributed by atoms with van der Waals surface area (Å²) in [6.45, 7) is 3.02. The molecule has 0 radical (unpaired) electrons. The van der Waals surface area contributed by atoms with E-state index in [0.29, 0.717) is 41.1 Å². The number of aromatic nitrogens is 1. The molecule has 3 aromatic rings. The Morgan fingerprint density at radius 1 is 1.21 bits per heavy atom. The fourth-order valence-corrected chi connectivity index (χ4v) is 3.67. The molecule has 8 heteroatoms. The van der Waals surface area contributed by atoms with E-state index >= 15 is 0 Å². The summed E-state index contributed by atoms with van der Waals surface area (Å²) in [6, 6.07) is 11.0. The molecule has 28 heavy (non-hydrogen) atoms. The molecular formula is C20H18ClN3O3S. The maximum absolute atomic E-state index is 12.4. The number of carbonyl (C=O) groups is 1. The molecule has 144 valence electrons. The number of carbonyl (C=O) groups excluding carboxylic acids is 1. The SMILES string of the molecule is Cc1nc(-c2cccc(NC(=O)CNc3cc4c(cc3Cl)OCCO4)c2)cs1. The number of anilines is 2. The number of halogens is 1. The second kappa shape index (κ2) is 8.08. The van der Waals surface area contributed by atoms with Gasteiger partial charge in [0.2, 0.25) is 5.91 Å². The molecular weight excluding hydrogens is 398 g/mol. The second-order valence-electron chi connectivity index (χ2n) is 6.21. The molecule has 6 nitrogen and oxygen atoms in total. The highest BCUT2D eigenvalue weighted by atomic mass is 35.5. The average molecular weight is 416 g/mol. The van der Waals surface area contributed by atoms with Gasteiger partial charge in [-0.3, -0.25) is 4.79 Å². The molecule has 2 heterocycles. The van der Waals surface area contributed by atoms with Gasteiger partial charge >= 0.3 is 0 Å². The van der Waals surface area contributed by atoms with Crippen LogP contribution in [-0.4, -0.2) is 30.6 Å². The predicted octanol–water partition coefficient (Wildman–Crippen LogP) is 4.59. The van der Waals surface area contributed by atoms with Crippen LogP contribution in [0.15, 0.2) is 41.8 Å². The van der Waals surface area contributed by atoms with Gasteiger partial charge in [0.1, 0.15) is 13.2 Å². The van der Waals surface area contributed by atoms with Crippen molar-refractivity contribution in [2.75, 3.05) is 30.4 Å². The van der Waals surface area contributed by atoms with E-state index in [1.807, 2.05) is 36.6 Å². The number of ether oxygens (including phenoxy) is 2. The lowest BCUT2D eigenvalue weighted by atomic mass is 10.1. The molecule has 0 unspecified atom stereocenters. The maximum Gasteiger partial charge on any atom is 0.243 e. The summed E-state index contributed by atoms with van der Waals surface area (Å²) in [7, 11) is 0. The molecule has 1 aromatic heterocycles. The van der Waals surface area contributed by atoms with Crippen molar-refractivity contribution in [2.45, 2.75) is 6.92 Å². The van der Waals surface area contributed by atoms with Crippen LogP contribution in [0.4, 0.5) is 11.4 Å². The third-order valence-corrected chi connectivity index (χ3v) is 5.22. The van der Waals surface area contributed by atoms with Crippen LogP contribution in [0.1, 0.15) is 5.01 Å². The number of rotatable bonds is 5. The Morgan fingerprint density at radius 3 is 2.75 bits per heavy atom. The van der Waals surface area contributed by atoms with Crippen LogP contribution in [0.3, 0.4) is 0 Å². The van der Waals surface area contributed by atoms with Gasteiger partial charge in [-0.05, 0) is 19.1 Å². The first-order chi connectivity index (χ1) is 13.6. The Bertz CT molecular complexity index is 1020. The van der Waals surface area contributed by atoms with E-state index in [0.717, 1.165) is 16.3 Å². The summed E-state index contributed by atoms with van der Waals surface area (Å²) in [5, 5.41) is 9.41. The lowest BCUT2D eigenvalue weighted by Crippen LogP contribution is -2.22. The first kappa shape index (κ1) is 18.6. The van der Waals surface area contributed by atoms with Crippen molar-refractivity contribution in [3.8, 4) is 22.8 Å². The van der Waals surface area contributed by atoms with Crippen molar-refractivity contribution >= 4 is 40.2 Å². The topological polar surface area (TPSA) is 72.5 Å². The van der Waals surface area contributed by atoms with E-state index < -0.39 is 0 Å². The zero-order chi connectivity index (χ0) is 19.5. The van der Waals surface area contributed by atoms with Crippen LogP contribution < -0.4 is 20.1 Å². The molecule has 4 rings (SSSR count). The zero-order valence-electron chi connectivity index (χ0n) is 15.1. The number of aryl methyl sites for hydroxylation is 1. The molecule has 2 N–H and O–H groups in total. The van der Waals surface area contributed by atoms with E-state index in [-0.39, 0.29) is 12.5 Å². The van der Waals surface area contributed by atoms with Crippen LogP contribution in [0, 0.1) is 6.92 Å². The maximum atomic E-state index is 12.4. The molecule has 1 aliphatic rings. The van der Waals surface area contributed by atoms with E-state index in [2.05, 4.69) is 15.6 Å². The fraction of sp³-hybridized carbons (Fsp3) is 0.200. The standard InChI is InChI=1S/C20H18ClN3O3S/c1-12-23-17(11-28-12)13-3-2-4-14(7-13)24-20(25)10-22-16-9-19-18(8-15(16)21)26-5-6-27-19/h2-4,7-9,11,22H,5-6,10H2,1H3,(H,24,25). The van der Waals surface area contributed by atoms with Crippen LogP contribution in [-0.2, 0) is 4.79 Å². The first-order valence-corrected chi connectivity index (χ1v) is 10.00. The minimum Gasteiger partial charge on any atom is -0.486 e. The Hall–Kier alpha value is -2.77. The van der Waals surface area contributed by atoms with Gasteiger partial charge in [0.05, 0.1) is 28.0 Å². The van der Waals surface area contributed by atoms with Crippen molar-refractivity contribution in [3.05, 3.63) is 51.8 Å². The van der Waals surface area contributed by atoms with Gasteiger partial charge in [0.25, 0.3) is 0 Å². The van der Waals surface area contributed by atoms with Crippen molar-refractivity contribution in [3.63, 3.8) is 0 Å². The number of thiazole rings is 1. The smallest absolute Gasteiger partial charge is 0.243 e. The van der Waals surface area contributed by atoms with Gasteiger partial charge in [-0.25, -0.2) is 4.98 Å². The van der Waals surface area contributed by atoms with E-state index in [1.54, 1.807) is 23.5 Å². The molecule has 0 saturated heterocycles. The lowest BCUT2D eigenvalue weighted by Gasteiger charge is -2.20. The molecule has 2 aromatic carbocycles. The number of benzene rings is 2. The fourth-order valence-electron chi connectivity index (χ4n) is 2.83. The van der Waals surface area contributed by atoms with Crippen molar-refractivity contribution in [1.29, 1.82) is 0 Å². The van der Waals surface area contributed by atoms with Crippen molar-refractivity contribution < 1.29 is 14.3 Å². The van der Waals surface area contributed by atoms with E-state index in [1.165, 1.54) is 0 Å². The normalized spacial score (nSPS) is 12.5. The average Bonchev–Trinajstić information content (AvgIpc) is 3.13. The minimum absolute atomic E-state index is 0.0688. The number of fused-ring (bicyclic) bond motifs is 1. The predicted molar refractivity (Wildman–Crippen MR) is 112 cm³/mol. The van der Waals surface area contributed by atoms with Gasteiger partial charge < -0.3 is 20.1 Å². The highest BCUT2D eigenvalue weighted by Gasteiger charge is 2.15. The monoisotopic (exact) mass is 415 g/mol. The Kier molecular flexibility index (Phi) is 5.36. The summed E-state index contributed by atoms with van der Waals surface area (Å²) in [6.07, 6.45) is 0. The van der Waals surface area contributed by atoms with Crippen LogP contribution in [0.25, 0.3) is 11.3 Å². The highest BCUT2D eigenvalue weighted by Crippen LogP contribution is 2.37. The molecule has 1 aliphatic heterocycles. The first-order valence-electron chi connectivity index (χ1n) is 8.74. The Labute approximate surface area is 171 Å².